The van der Waals surface area contributed by atoms with Gasteiger partial charge in [0.05, 0.1) is 9.82 Å². The Morgan fingerprint density at radius 1 is 1.26 bits per heavy atom. The minimum Gasteiger partial charge on any atom is -0.460 e. The van der Waals surface area contributed by atoms with Crippen LogP contribution in [0.25, 0.3) is 0 Å². The first-order valence-corrected chi connectivity index (χ1v) is 9.89. The molecule has 144 valence electrons. The van der Waals surface area contributed by atoms with Crippen molar-refractivity contribution in [2.45, 2.75) is 31.6 Å². The van der Waals surface area contributed by atoms with E-state index >= 15 is 0 Å². The number of nitro groups is 1. The van der Waals surface area contributed by atoms with Gasteiger partial charge in [-0.25, -0.2) is 8.42 Å². The zero-order valence-corrected chi connectivity index (χ0v) is 15.8. The van der Waals surface area contributed by atoms with E-state index in [9.17, 15) is 18.5 Å². The summed E-state index contributed by atoms with van der Waals surface area (Å²) in [6, 6.07) is 7.30. The Balaban J connectivity index is 1.89. The lowest BCUT2D eigenvalue weighted by molar-refractivity contribution is -0.384. The van der Waals surface area contributed by atoms with Crippen LogP contribution in [0.3, 0.4) is 0 Å². The average molecular weight is 392 g/mol. The number of rotatable bonds is 6. The van der Waals surface area contributed by atoms with E-state index in [1.165, 1.54) is 16.4 Å². The summed E-state index contributed by atoms with van der Waals surface area (Å²) >= 11 is 0. The van der Waals surface area contributed by atoms with Gasteiger partial charge in [-0.2, -0.15) is 9.41 Å². The molecule has 0 amide bonds. The van der Waals surface area contributed by atoms with Crippen LogP contribution < -0.4 is 5.43 Å². The molecular formula is C17H20N4O5S. The van der Waals surface area contributed by atoms with E-state index in [4.69, 9.17) is 4.42 Å². The first-order chi connectivity index (χ1) is 12.8. The van der Waals surface area contributed by atoms with Crippen LogP contribution in [-0.4, -0.2) is 36.4 Å². The summed E-state index contributed by atoms with van der Waals surface area (Å²) in [5.41, 5.74) is 2.88. The largest absolute Gasteiger partial charge is 0.460 e. The minimum absolute atomic E-state index is 0.0935. The van der Waals surface area contributed by atoms with Gasteiger partial charge in [0.15, 0.2) is 0 Å². The van der Waals surface area contributed by atoms with Crippen LogP contribution in [0.5, 0.6) is 0 Å². The quantitative estimate of drug-likeness (QED) is 0.458. The zero-order valence-electron chi connectivity index (χ0n) is 15.0. The number of hydrogen-bond acceptors (Lipinski definition) is 7. The topological polar surface area (TPSA) is 118 Å². The predicted molar refractivity (Wildman–Crippen MR) is 100 cm³/mol. The lowest BCUT2D eigenvalue weighted by Gasteiger charge is -2.15. The van der Waals surface area contributed by atoms with Crippen molar-refractivity contribution < 1.29 is 17.8 Å². The average Bonchev–Trinajstić information content (AvgIpc) is 3.31. The fourth-order valence-corrected chi connectivity index (χ4v) is 4.36. The molecule has 0 radical (unpaired) electrons. The molecule has 1 fully saturated rings. The molecule has 27 heavy (non-hydrogen) atoms. The van der Waals surface area contributed by atoms with Crippen molar-refractivity contribution in [1.29, 1.82) is 0 Å². The fourth-order valence-electron chi connectivity index (χ4n) is 2.82. The summed E-state index contributed by atoms with van der Waals surface area (Å²) in [6.07, 6.45) is 1.59. The van der Waals surface area contributed by atoms with E-state index in [1.807, 2.05) is 0 Å². The van der Waals surface area contributed by atoms with Crippen molar-refractivity contribution >= 4 is 27.1 Å². The van der Waals surface area contributed by atoms with E-state index in [0.717, 1.165) is 24.7 Å². The van der Waals surface area contributed by atoms with E-state index in [2.05, 4.69) is 10.5 Å². The number of sulfonamides is 1. The molecule has 3 rings (SSSR count). The standard InChI is InChI=1S/C17H20N4O5S/c1-12-5-8-17(26-12)13(2)18-19-15-7-6-14(11-16(15)21(22)23)27(24,25)20-9-3-4-10-20/h5-8,11,19H,3-4,9-10H2,1-2H3/b18-13+. The van der Waals surface area contributed by atoms with Gasteiger partial charge in [0.1, 0.15) is 22.9 Å². The molecule has 0 bridgehead atoms. The molecule has 1 aromatic carbocycles. The Labute approximate surface area is 156 Å². The second-order valence-corrected chi connectivity index (χ2v) is 8.20. The second kappa shape index (κ2) is 7.49. The highest BCUT2D eigenvalue weighted by Gasteiger charge is 2.29. The van der Waals surface area contributed by atoms with Crippen LogP contribution in [0, 0.1) is 17.0 Å². The van der Waals surface area contributed by atoms with E-state index < -0.39 is 14.9 Å². The highest BCUT2D eigenvalue weighted by atomic mass is 32.2. The monoisotopic (exact) mass is 392 g/mol. The predicted octanol–water partition coefficient (Wildman–Crippen LogP) is 3.12. The Kier molecular flexibility index (Phi) is 5.29. The molecular weight excluding hydrogens is 372 g/mol. The molecule has 0 atom stereocenters. The van der Waals surface area contributed by atoms with Crippen molar-refractivity contribution in [1.82, 2.24) is 4.31 Å². The zero-order chi connectivity index (χ0) is 19.6. The smallest absolute Gasteiger partial charge is 0.295 e. The van der Waals surface area contributed by atoms with Gasteiger partial charge in [-0.3, -0.25) is 15.5 Å². The Morgan fingerprint density at radius 3 is 2.56 bits per heavy atom. The maximum Gasteiger partial charge on any atom is 0.295 e. The molecule has 1 aliphatic rings. The normalized spacial score (nSPS) is 15.9. The number of nitro benzene ring substituents is 1. The van der Waals surface area contributed by atoms with Crippen LogP contribution in [0.4, 0.5) is 11.4 Å². The summed E-state index contributed by atoms with van der Waals surface area (Å²) in [5, 5.41) is 15.5. The van der Waals surface area contributed by atoms with Gasteiger partial charge in [0.25, 0.3) is 5.69 Å². The number of furan rings is 1. The number of anilines is 1. The van der Waals surface area contributed by atoms with Gasteiger partial charge in [-0.15, -0.1) is 0 Å². The van der Waals surface area contributed by atoms with Crippen molar-refractivity contribution in [2.75, 3.05) is 18.5 Å². The van der Waals surface area contributed by atoms with E-state index in [1.54, 1.807) is 26.0 Å². The van der Waals surface area contributed by atoms with Crippen LogP contribution in [0.1, 0.15) is 31.3 Å². The molecule has 1 aromatic heterocycles. The van der Waals surface area contributed by atoms with Gasteiger partial charge < -0.3 is 4.42 Å². The molecule has 0 saturated carbocycles. The van der Waals surface area contributed by atoms with Gasteiger partial charge in [0.2, 0.25) is 10.0 Å². The van der Waals surface area contributed by atoms with Crippen LogP contribution in [-0.2, 0) is 10.0 Å². The van der Waals surface area contributed by atoms with Crippen LogP contribution in [0.2, 0.25) is 0 Å². The van der Waals surface area contributed by atoms with Crippen molar-refractivity contribution in [3.63, 3.8) is 0 Å². The molecule has 2 heterocycles. The summed E-state index contributed by atoms with van der Waals surface area (Å²) < 4.78 is 32.0. The number of aryl methyl sites for hydroxylation is 1. The van der Waals surface area contributed by atoms with Crippen molar-refractivity contribution in [2.24, 2.45) is 5.10 Å². The first kappa shape index (κ1) is 19.1. The number of hydrazone groups is 1. The maximum atomic E-state index is 12.6. The number of hydrogen-bond donors (Lipinski definition) is 1. The van der Waals surface area contributed by atoms with Gasteiger partial charge >= 0.3 is 0 Å². The van der Waals surface area contributed by atoms with Crippen LogP contribution in [0.15, 0.2) is 44.7 Å². The molecule has 0 aliphatic carbocycles. The molecule has 9 nitrogen and oxygen atoms in total. The highest BCUT2D eigenvalue weighted by molar-refractivity contribution is 7.89. The summed E-state index contributed by atoms with van der Waals surface area (Å²) in [6.45, 7) is 4.36. The Morgan fingerprint density at radius 2 is 1.96 bits per heavy atom. The molecule has 0 unspecified atom stereocenters. The molecule has 1 N–H and O–H groups in total. The third-order valence-corrected chi connectivity index (χ3v) is 6.20. The van der Waals surface area contributed by atoms with Crippen LogP contribution >= 0.6 is 0 Å². The third-order valence-electron chi connectivity index (χ3n) is 4.31. The van der Waals surface area contributed by atoms with Crippen molar-refractivity contribution in [3.8, 4) is 0 Å². The lowest BCUT2D eigenvalue weighted by atomic mass is 10.3. The summed E-state index contributed by atoms with van der Waals surface area (Å²) in [5.74, 6) is 1.26. The van der Waals surface area contributed by atoms with E-state index in [0.29, 0.717) is 24.6 Å². The number of nitrogens with zero attached hydrogens (tertiary/aromatic N) is 3. The number of nitrogens with one attached hydrogen (secondary N) is 1. The molecule has 2 aromatic rings. The van der Waals surface area contributed by atoms with Gasteiger partial charge in [-0.05, 0) is 51.0 Å². The van der Waals surface area contributed by atoms with E-state index in [-0.39, 0.29) is 16.3 Å². The molecule has 0 spiro atoms. The maximum absolute atomic E-state index is 12.6. The molecule has 1 aliphatic heterocycles. The highest BCUT2D eigenvalue weighted by Crippen LogP contribution is 2.30. The summed E-state index contributed by atoms with van der Waals surface area (Å²) in [4.78, 5) is 10.7. The lowest BCUT2D eigenvalue weighted by Crippen LogP contribution is -2.27. The molecule has 1 saturated heterocycles. The Hall–Kier alpha value is -2.72. The fraction of sp³-hybridized carbons (Fsp3) is 0.353. The third kappa shape index (κ3) is 4.01. The SMILES string of the molecule is C/C(=N\Nc1ccc(S(=O)(=O)N2CCCC2)cc1[N+](=O)[O-])c1ccc(C)o1. The van der Waals surface area contributed by atoms with Gasteiger partial charge in [-0.1, -0.05) is 0 Å². The summed E-state index contributed by atoms with van der Waals surface area (Å²) in [7, 11) is -3.73. The van der Waals surface area contributed by atoms with Gasteiger partial charge in [0, 0.05) is 19.2 Å². The first-order valence-electron chi connectivity index (χ1n) is 8.45. The van der Waals surface area contributed by atoms with Crippen molar-refractivity contribution in [3.05, 3.63) is 52.0 Å². The second-order valence-electron chi connectivity index (χ2n) is 6.27. The molecule has 10 heteroatoms. The Bertz CT molecular complexity index is 991. The number of benzene rings is 1. The minimum atomic E-state index is -3.73.